The van der Waals surface area contributed by atoms with Crippen molar-refractivity contribution in [2.24, 2.45) is 0 Å². The second-order valence-corrected chi connectivity index (χ2v) is 8.82. The summed E-state index contributed by atoms with van der Waals surface area (Å²) in [4.78, 5) is 6.13. The van der Waals surface area contributed by atoms with Gasteiger partial charge in [-0.25, -0.2) is 13.4 Å². The molecule has 1 aromatic rings. The lowest BCUT2D eigenvalue weighted by Crippen LogP contribution is -2.51. The van der Waals surface area contributed by atoms with E-state index >= 15 is 0 Å². The molecule has 1 N–H and O–H groups in total. The van der Waals surface area contributed by atoms with Crippen molar-refractivity contribution in [3.05, 3.63) is 15.6 Å². The lowest BCUT2D eigenvalue weighted by molar-refractivity contribution is 0.333. The lowest BCUT2D eigenvalue weighted by Gasteiger charge is -2.36. The zero-order chi connectivity index (χ0) is 13.5. The van der Waals surface area contributed by atoms with Crippen LogP contribution in [0.5, 0.6) is 0 Å². The molecule has 1 unspecified atom stereocenters. The first-order chi connectivity index (χ1) is 9.05. The summed E-state index contributed by atoms with van der Waals surface area (Å²) in [5, 5.41) is 4.43. The van der Waals surface area contributed by atoms with E-state index in [1.807, 2.05) is 6.92 Å². The molecule has 2 aliphatic rings. The molecule has 2 heterocycles. The molecule has 1 aliphatic carbocycles. The van der Waals surface area contributed by atoms with E-state index in [-0.39, 0.29) is 5.75 Å². The number of thiazole rings is 1. The van der Waals surface area contributed by atoms with Crippen molar-refractivity contribution in [3.63, 3.8) is 0 Å². The van der Waals surface area contributed by atoms with Gasteiger partial charge in [-0.1, -0.05) is 6.92 Å². The van der Waals surface area contributed by atoms with E-state index in [9.17, 15) is 8.42 Å². The second kappa shape index (κ2) is 4.82. The highest BCUT2D eigenvalue weighted by Gasteiger charge is 2.42. The van der Waals surface area contributed by atoms with Gasteiger partial charge >= 0.3 is 0 Å². The predicted octanol–water partition coefficient (Wildman–Crippen LogP) is 1.65. The van der Waals surface area contributed by atoms with Crippen molar-refractivity contribution in [2.45, 2.75) is 44.6 Å². The second-order valence-electron chi connectivity index (χ2n) is 5.55. The van der Waals surface area contributed by atoms with Gasteiger partial charge in [-0.15, -0.1) is 11.3 Å². The molecule has 106 valence electrons. The van der Waals surface area contributed by atoms with Crippen LogP contribution in [0.25, 0.3) is 0 Å². The number of fused-ring (bicyclic) bond motifs is 1. The van der Waals surface area contributed by atoms with Gasteiger partial charge in [0.05, 0.1) is 22.7 Å². The first-order valence-electron chi connectivity index (χ1n) is 6.99. The Hall–Kier alpha value is -0.460. The van der Waals surface area contributed by atoms with Crippen LogP contribution in [0.15, 0.2) is 0 Å². The molecule has 3 rings (SSSR count). The molecule has 0 amide bonds. The van der Waals surface area contributed by atoms with Crippen LogP contribution >= 0.6 is 11.3 Å². The summed E-state index contributed by atoms with van der Waals surface area (Å²) in [6.45, 7) is 2.81. The summed E-state index contributed by atoms with van der Waals surface area (Å²) >= 11 is 1.73. The minimum atomic E-state index is -2.95. The van der Waals surface area contributed by atoms with Gasteiger partial charge in [-0.05, 0) is 38.6 Å². The molecular weight excluding hydrogens is 280 g/mol. The first-order valence-corrected chi connectivity index (χ1v) is 9.63. The largest absolute Gasteiger partial charge is 0.305 e. The minimum Gasteiger partial charge on any atom is -0.305 e. The first kappa shape index (κ1) is 13.5. The van der Waals surface area contributed by atoms with Gasteiger partial charge in [0.2, 0.25) is 0 Å². The van der Waals surface area contributed by atoms with E-state index in [1.54, 1.807) is 11.3 Å². The molecule has 0 radical (unpaired) electrons. The topological polar surface area (TPSA) is 59.1 Å². The van der Waals surface area contributed by atoms with Crippen LogP contribution < -0.4 is 5.32 Å². The van der Waals surface area contributed by atoms with Crippen LogP contribution in [-0.2, 0) is 28.2 Å². The maximum absolute atomic E-state index is 12.0. The molecule has 4 nitrogen and oxygen atoms in total. The minimum absolute atomic E-state index is 0.209. The van der Waals surface area contributed by atoms with Crippen molar-refractivity contribution in [1.29, 1.82) is 0 Å². The van der Waals surface area contributed by atoms with E-state index < -0.39 is 15.4 Å². The molecule has 1 fully saturated rings. The zero-order valence-electron chi connectivity index (χ0n) is 11.2. The number of aryl methyl sites for hydroxylation is 2. The fourth-order valence-corrected chi connectivity index (χ4v) is 6.53. The van der Waals surface area contributed by atoms with Crippen LogP contribution in [0.3, 0.4) is 0 Å². The number of hydrogen-bond acceptors (Lipinski definition) is 5. The molecule has 0 bridgehead atoms. The Labute approximate surface area is 118 Å². The number of hydrogen-bond donors (Lipinski definition) is 1. The van der Waals surface area contributed by atoms with Crippen molar-refractivity contribution in [1.82, 2.24) is 10.3 Å². The van der Waals surface area contributed by atoms with Crippen molar-refractivity contribution < 1.29 is 8.42 Å². The molecular formula is C13H20N2O2S2. The van der Waals surface area contributed by atoms with Crippen LogP contribution in [0.4, 0.5) is 0 Å². The Balaban J connectivity index is 1.99. The van der Waals surface area contributed by atoms with Gasteiger partial charge in [-0.2, -0.15) is 0 Å². The maximum Gasteiger partial charge on any atom is 0.152 e. The number of aromatic nitrogens is 1. The molecule has 1 atom stereocenters. The van der Waals surface area contributed by atoms with Crippen LogP contribution in [0.2, 0.25) is 0 Å². The highest BCUT2D eigenvalue weighted by atomic mass is 32.2. The van der Waals surface area contributed by atoms with Gasteiger partial charge in [0, 0.05) is 4.88 Å². The smallest absolute Gasteiger partial charge is 0.152 e. The van der Waals surface area contributed by atoms with Crippen molar-refractivity contribution >= 4 is 21.2 Å². The third kappa shape index (κ3) is 2.45. The molecule has 19 heavy (non-hydrogen) atoms. The number of sulfone groups is 1. The molecule has 1 saturated heterocycles. The van der Waals surface area contributed by atoms with Crippen LogP contribution in [0, 0.1) is 0 Å². The molecule has 0 spiro atoms. The fraction of sp³-hybridized carbons (Fsp3) is 0.769. The summed E-state index contributed by atoms with van der Waals surface area (Å²) in [5.74, 6) is 0.533. The highest BCUT2D eigenvalue weighted by molar-refractivity contribution is 7.91. The number of rotatable bonds is 3. The molecule has 0 aromatic carbocycles. The summed E-state index contributed by atoms with van der Waals surface area (Å²) in [6.07, 6.45) is 4.98. The SMILES string of the molecule is CCNC1(c2nc3c(s2)CCC3)CCCS(=O)(=O)C1. The Bertz CT molecular complexity index is 554. The summed E-state index contributed by atoms with van der Waals surface area (Å²) in [6, 6.07) is 0. The molecule has 0 saturated carbocycles. The van der Waals surface area contributed by atoms with E-state index in [2.05, 4.69) is 5.32 Å². The Morgan fingerprint density at radius 3 is 2.89 bits per heavy atom. The standard InChI is InChI=1S/C13H20N2O2S2/c1-2-14-13(7-4-8-19(16,17)9-13)12-15-10-5-3-6-11(10)18-12/h14H,2-9H2,1H3. The van der Waals surface area contributed by atoms with Gasteiger partial charge in [-0.3, -0.25) is 0 Å². The summed E-state index contributed by atoms with van der Waals surface area (Å²) in [7, 11) is -2.95. The lowest BCUT2D eigenvalue weighted by atomic mass is 9.96. The molecule has 6 heteroatoms. The molecule has 1 aromatic heterocycles. The van der Waals surface area contributed by atoms with Gasteiger partial charge in [0.15, 0.2) is 9.84 Å². The normalized spacial score (nSPS) is 29.3. The maximum atomic E-state index is 12.0. The number of nitrogens with zero attached hydrogens (tertiary/aromatic N) is 1. The van der Waals surface area contributed by atoms with E-state index in [0.717, 1.165) is 37.2 Å². The van der Waals surface area contributed by atoms with E-state index in [4.69, 9.17) is 4.98 Å². The third-order valence-corrected chi connectivity index (χ3v) is 7.25. The summed E-state index contributed by atoms with van der Waals surface area (Å²) in [5.41, 5.74) is 0.779. The fourth-order valence-electron chi connectivity index (χ4n) is 3.23. The predicted molar refractivity (Wildman–Crippen MR) is 77.4 cm³/mol. The Morgan fingerprint density at radius 2 is 2.21 bits per heavy atom. The van der Waals surface area contributed by atoms with Crippen molar-refractivity contribution in [2.75, 3.05) is 18.1 Å². The zero-order valence-corrected chi connectivity index (χ0v) is 12.9. The Kier molecular flexibility index (Phi) is 3.43. The quantitative estimate of drug-likeness (QED) is 0.922. The van der Waals surface area contributed by atoms with E-state index in [0.29, 0.717) is 5.75 Å². The molecule has 1 aliphatic heterocycles. The third-order valence-electron chi connectivity index (χ3n) is 4.05. The van der Waals surface area contributed by atoms with Crippen molar-refractivity contribution in [3.8, 4) is 0 Å². The van der Waals surface area contributed by atoms with Crippen LogP contribution in [-0.4, -0.2) is 31.5 Å². The average molecular weight is 300 g/mol. The average Bonchev–Trinajstić information content (AvgIpc) is 2.87. The van der Waals surface area contributed by atoms with Gasteiger partial charge in [0.25, 0.3) is 0 Å². The van der Waals surface area contributed by atoms with Gasteiger partial charge in [0.1, 0.15) is 5.01 Å². The highest BCUT2D eigenvalue weighted by Crippen LogP contribution is 2.38. The van der Waals surface area contributed by atoms with E-state index in [1.165, 1.54) is 17.0 Å². The number of nitrogens with one attached hydrogen (secondary N) is 1. The van der Waals surface area contributed by atoms with Crippen LogP contribution in [0.1, 0.15) is 41.8 Å². The van der Waals surface area contributed by atoms with Gasteiger partial charge < -0.3 is 5.32 Å². The monoisotopic (exact) mass is 300 g/mol. The Morgan fingerprint density at radius 1 is 1.37 bits per heavy atom. The summed E-state index contributed by atoms with van der Waals surface area (Å²) < 4.78 is 24.1.